The van der Waals surface area contributed by atoms with Crippen LogP contribution in [0, 0.1) is 0 Å². The van der Waals surface area contributed by atoms with E-state index in [1.807, 2.05) is 33.9 Å². The lowest BCUT2D eigenvalue weighted by molar-refractivity contribution is -0.124. The second kappa shape index (κ2) is 6.70. The minimum absolute atomic E-state index is 0.0840. The average molecular weight is 362 g/mol. The van der Waals surface area contributed by atoms with Crippen molar-refractivity contribution in [3.8, 4) is 0 Å². The van der Waals surface area contributed by atoms with Crippen molar-refractivity contribution in [2.45, 2.75) is 69.9 Å². The molecule has 138 valence electrons. The van der Waals surface area contributed by atoms with Crippen LogP contribution >= 0.6 is 0 Å². The quantitative estimate of drug-likeness (QED) is 0.738. The molecule has 0 radical (unpaired) electrons. The number of carbonyl (C=O) groups excluding carboxylic acids is 2. The van der Waals surface area contributed by atoms with E-state index in [1.165, 1.54) is 0 Å². The first kappa shape index (κ1) is 19.3. The van der Waals surface area contributed by atoms with E-state index in [0.717, 1.165) is 4.90 Å². The Kier molecular flexibility index (Phi) is 5.39. The third-order valence-corrected chi connectivity index (χ3v) is 9.55. The lowest BCUT2D eigenvalue weighted by Crippen LogP contribution is -2.56. The van der Waals surface area contributed by atoms with Crippen LogP contribution in [0.4, 0.5) is 9.18 Å². The largest absolute Gasteiger partial charge is 0.408 e. The van der Waals surface area contributed by atoms with Gasteiger partial charge in [0.2, 0.25) is 5.91 Å². The summed E-state index contributed by atoms with van der Waals surface area (Å²) < 4.78 is 26.7. The zero-order valence-corrected chi connectivity index (χ0v) is 15.8. The molecule has 24 heavy (non-hydrogen) atoms. The summed E-state index contributed by atoms with van der Waals surface area (Å²) >= 11 is 0. The molecule has 0 aromatic rings. The first-order valence-electron chi connectivity index (χ1n) is 8.16. The number of urea groups is 1. The average Bonchev–Trinajstić information content (AvgIpc) is 2.74. The van der Waals surface area contributed by atoms with Crippen molar-refractivity contribution in [1.82, 2.24) is 10.2 Å². The highest BCUT2D eigenvalue weighted by Gasteiger charge is 2.53. The molecule has 2 saturated heterocycles. The van der Waals surface area contributed by atoms with Crippen molar-refractivity contribution >= 4 is 20.3 Å². The molecule has 7 nitrogen and oxygen atoms in total. The minimum Gasteiger partial charge on any atom is -0.408 e. The number of nitrogens with one attached hydrogen (secondary N) is 1. The van der Waals surface area contributed by atoms with Crippen LogP contribution in [-0.2, 0) is 14.0 Å². The van der Waals surface area contributed by atoms with Crippen LogP contribution < -0.4 is 5.32 Å². The number of hydrogen-bond acceptors (Lipinski definition) is 5. The van der Waals surface area contributed by atoms with E-state index in [9.17, 15) is 14.7 Å². The highest BCUT2D eigenvalue weighted by molar-refractivity contribution is 6.74. The van der Waals surface area contributed by atoms with Gasteiger partial charge in [-0.25, -0.2) is 9.18 Å². The van der Waals surface area contributed by atoms with Gasteiger partial charge in [0.1, 0.15) is 12.2 Å². The Morgan fingerprint density at radius 1 is 1.42 bits per heavy atom. The Balaban J connectivity index is 2.16. The summed E-state index contributed by atoms with van der Waals surface area (Å²) in [5.74, 6) is -0.391. The molecule has 0 saturated carbocycles. The molecule has 2 heterocycles. The van der Waals surface area contributed by atoms with Gasteiger partial charge in [0.15, 0.2) is 20.7 Å². The summed E-state index contributed by atoms with van der Waals surface area (Å²) in [4.78, 5) is 24.3. The van der Waals surface area contributed by atoms with Crippen LogP contribution in [0.3, 0.4) is 0 Å². The van der Waals surface area contributed by atoms with Crippen LogP contribution in [-0.4, -0.2) is 68.0 Å². The third-order valence-electron chi connectivity index (χ3n) is 5.08. The number of carbonyl (C=O) groups is 2. The molecule has 9 heteroatoms. The predicted molar refractivity (Wildman–Crippen MR) is 87.6 cm³/mol. The van der Waals surface area contributed by atoms with Crippen molar-refractivity contribution in [3.05, 3.63) is 0 Å². The molecule has 0 bridgehead atoms. The highest BCUT2D eigenvalue weighted by atomic mass is 28.4. The van der Waals surface area contributed by atoms with Gasteiger partial charge in [0, 0.05) is 13.0 Å². The molecule has 2 rings (SSSR count). The van der Waals surface area contributed by atoms with Gasteiger partial charge in [-0.15, -0.1) is 0 Å². The summed E-state index contributed by atoms with van der Waals surface area (Å²) in [7, 11) is -2.28. The fraction of sp³-hybridized carbons (Fsp3) is 0.867. The summed E-state index contributed by atoms with van der Waals surface area (Å²) in [5.41, 5.74) is 0. The molecule has 2 aliphatic heterocycles. The number of halogens is 1. The first-order valence-corrected chi connectivity index (χ1v) is 11.1. The van der Waals surface area contributed by atoms with Crippen molar-refractivity contribution in [2.75, 3.05) is 13.2 Å². The number of amides is 3. The van der Waals surface area contributed by atoms with Crippen LogP contribution in [0.15, 0.2) is 0 Å². The van der Waals surface area contributed by atoms with Crippen LogP contribution in [0.1, 0.15) is 27.2 Å². The molecule has 4 atom stereocenters. The molecule has 2 N–H and O–H groups in total. The van der Waals surface area contributed by atoms with E-state index in [-0.39, 0.29) is 18.0 Å². The number of aliphatic hydroxyl groups is 1. The summed E-state index contributed by atoms with van der Waals surface area (Å²) in [5, 5.41) is 11.6. The van der Waals surface area contributed by atoms with Crippen molar-refractivity contribution in [3.63, 3.8) is 0 Å². The van der Waals surface area contributed by atoms with Gasteiger partial charge in [-0.1, -0.05) is 20.8 Å². The van der Waals surface area contributed by atoms with Crippen LogP contribution in [0.5, 0.6) is 0 Å². The number of ether oxygens (including phenoxy) is 1. The van der Waals surface area contributed by atoms with Crippen molar-refractivity contribution in [1.29, 1.82) is 0 Å². The van der Waals surface area contributed by atoms with Gasteiger partial charge in [0.25, 0.3) is 0 Å². The Hall–Kier alpha value is -1.03. The molecular weight excluding hydrogens is 335 g/mol. The second-order valence-electron chi connectivity index (χ2n) is 7.83. The minimum atomic E-state index is -2.28. The predicted octanol–water partition coefficient (Wildman–Crippen LogP) is 1.37. The normalized spacial score (nSPS) is 32.2. The molecule has 0 aliphatic carbocycles. The molecule has 0 aromatic heterocycles. The van der Waals surface area contributed by atoms with E-state index in [2.05, 4.69) is 5.32 Å². The van der Waals surface area contributed by atoms with E-state index in [4.69, 9.17) is 9.16 Å². The maximum atomic E-state index is 15.0. The number of hydrogen-bond donors (Lipinski definition) is 2. The molecular formula is C15H27FN2O5Si. The Labute approximate surface area is 142 Å². The maximum Gasteiger partial charge on any atom is 0.326 e. The molecule has 0 unspecified atom stereocenters. The van der Waals surface area contributed by atoms with E-state index < -0.39 is 51.5 Å². The lowest BCUT2D eigenvalue weighted by Gasteiger charge is -2.39. The van der Waals surface area contributed by atoms with Gasteiger partial charge in [-0.3, -0.25) is 15.0 Å². The van der Waals surface area contributed by atoms with Gasteiger partial charge >= 0.3 is 6.03 Å². The van der Waals surface area contributed by atoms with Gasteiger partial charge in [-0.05, 0) is 18.1 Å². The topological polar surface area (TPSA) is 88.1 Å². The molecule has 0 aromatic carbocycles. The smallest absolute Gasteiger partial charge is 0.326 e. The highest BCUT2D eigenvalue weighted by Crippen LogP contribution is 2.40. The molecule has 3 amide bonds. The fourth-order valence-electron chi connectivity index (χ4n) is 2.57. The van der Waals surface area contributed by atoms with Gasteiger partial charge < -0.3 is 14.3 Å². The standard InChI is InChI=1S/C15H27FN2O5Si/c1-15(2,3)24(4,5)23-12-9(8-19)22-13(11(12)16)18-7-6-10(20)17-14(18)21/h9,11-13,19H,6-8H2,1-5H3,(H,17,20,21)/t9-,11-,12-,13-/m1/s1. The van der Waals surface area contributed by atoms with Gasteiger partial charge in [0.05, 0.1) is 6.61 Å². The second-order valence-corrected chi connectivity index (χ2v) is 12.6. The van der Waals surface area contributed by atoms with Gasteiger partial charge in [-0.2, -0.15) is 0 Å². The zero-order valence-electron chi connectivity index (χ0n) is 14.8. The molecule has 2 aliphatic rings. The maximum absolute atomic E-state index is 15.0. The van der Waals surface area contributed by atoms with Crippen LogP contribution in [0.25, 0.3) is 0 Å². The number of rotatable bonds is 4. The SMILES string of the molecule is CC(C)(C)[Si](C)(C)O[C@H]1[C@@H](F)[C@H](N2CCC(=O)NC2=O)O[C@@H]1CO. The Bertz CT molecular complexity index is 511. The van der Waals surface area contributed by atoms with E-state index in [1.54, 1.807) is 0 Å². The van der Waals surface area contributed by atoms with Crippen LogP contribution in [0.2, 0.25) is 18.1 Å². The number of nitrogens with zero attached hydrogens (tertiary/aromatic N) is 1. The first-order chi connectivity index (χ1) is 11.0. The number of aliphatic hydroxyl groups excluding tert-OH is 1. The number of alkyl halides is 1. The fourth-order valence-corrected chi connectivity index (χ4v) is 3.88. The lowest BCUT2D eigenvalue weighted by atomic mass is 10.1. The monoisotopic (exact) mass is 362 g/mol. The third kappa shape index (κ3) is 3.63. The molecule has 0 spiro atoms. The molecule has 2 fully saturated rings. The number of imide groups is 1. The summed E-state index contributed by atoms with van der Waals surface area (Å²) in [6.45, 7) is 9.79. The Morgan fingerprint density at radius 2 is 2.04 bits per heavy atom. The van der Waals surface area contributed by atoms with E-state index in [0.29, 0.717) is 0 Å². The van der Waals surface area contributed by atoms with E-state index >= 15 is 4.39 Å². The summed E-state index contributed by atoms with van der Waals surface area (Å²) in [6.07, 6.45) is -4.44. The Morgan fingerprint density at radius 3 is 2.54 bits per heavy atom. The zero-order chi connectivity index (χ0) is 18.3. The summed E-state index contributed by atoms with van der Waals surface area (Å²) in [6, 6.07) is -0.677. The van der Waals surface area contributed by atoms with Crippen molar-refractivity contribution in [2.24, 2.45) is 0 Å². The van der Waals surface area contributed by atoms with Crippen molar-refractivity contribution < 1.29 is 28.2 Å².